The average Bonchev–Trinajstić information content (AvgIpc) is 2.70. The van der Waals surface area contributed by atoms with Crippen LogP contribution in [0.25, 0.3) is 0 Å². The second-order valence-corrected chi connectivity index (χ2v) is 9.77. The summed E-state index contributed by atoms with van der Waals surface area (Å²) in [5, 5.41) is 13.4. The molecule has 3 N–H and O–H groups in total. The van der Waals surface area contributed by atoms with Gasteiger partial charge in [-0.1, -0.05) is 0 Å². The quantitative estimate of drug-likeness (QED) is 0.483. The van der Waals surface area contributed by atoms with Crippen molar-refractivity contribution < 1.29 is 24.2 Å². The van der Waals surface area contributed by atoms with Crippen molar-refractivity contribution in [3.8, 4) is 5.75 Å². The summed E-state index contributed by atoms with van der Waals surface area (Å²) in [6, 6.07) is 14.4. The van der Waals surface area contributed by atoms with E-state index in [4.69, 9.17) is 9.84 Å². The second kappa shape index (κ2) is 10.8. The van der Waals surface area contributed by atoms with Crippen molar-refractivity contribution in [1.29, 1.82) is 0 Å². The van der Waals surface area contributed by atoms with Crippen LogP contribution in [0.15, 0.2) is 48.5 Å². The van der Waals surface area contributed by atoms with Crippen molar-refractivity contribution in [3.63, 3.8) is 0 Å². The van der Waals surface area contributed by atoms with E-state index in [2.05, 4.69) is 10.6 Å². The van der Waals surface area contributed by atoms with Gasteiger partial charge >= 0.3 is 172 Å². The fourth-order valence-corrected chi connectivity index (χ4v) is 6.52. The summed E-state index contributed by atoms with van der Waals surface area (Å²) in [5.41, 5.74) is 1.16. The summed E-state index contributed by atoms with van der Waals surface area (Å²) in [6.07, 6.45) is 0. The van der Waals surface area contributed by atoms with Crippen molar-refractivity contribution in [3.05, 3.63) is 54.1 Å². The second-order valence-electron chi connectivity index (χ2n) is 5.59. The zero-order valence-corrected chi connectivity index (χ0v) is 17.8. The van der Waals surface area contributed by atoms with Gasteiger partial charge in [0.05, 0.1) is 0 Å². The van der Waals surface area contributed by atoms with Crippen LogP contribution in [0.2, 0.25) is 0 Å². The zero-order chi connectivity index (χ0) is 20.5. The summed E-state index contributed by atoms with van der Waals surface area (Å²) < 4.78 is 6.13. The van der Waals surface area contributed by atoms with Crippen molar-refractivity contribution in [2.45, 2.75) is 12.2 Å². The van der Waals surface area contributed by atoms with Gasteiger partial charge in [-0.25, -0.2) is 0 Å². The van der Waals surface area contributed by atoms with Crippen LogP contribution in [-0.2, 0) is 9.59 Å². The number of carboxylic acids is 1. The first-order chi connectivity index (χ1) is 13.4. The molecular weight excluding hydrogens is 447 g/mol. The summed E-state index contributed by atoms with van der Waals surface area (Å²) in [6.45, 7) is 1.28. The SMILES string of the molecule is COc1cccc(C(=O)Nc2ccccc2)c1[Se]SC(C)C(=O)NCC(=O)O. The Balaban J connectivity index is 2.13. The van der Waals surface area contributed by atoms with Crippen molar-refractivity contribution in [1.82, 2.24) is 5.32 Å². The molecule has 0 fully saturated rings. The van der Waals surface area contributed by atoms with E-state index in [1.165, 1.54) is 17.3 Å². The number of nitrogens with one attached hydrogen (secondary N) is 2. The third-order valence-electron chi connectivity index (χ3n) is 3.53. The fraction of sp³-hybridized carbons (Fsp3) is 0.211. The number of rotatable bonds is 9. The Labute approximate surface area is 172 Å². The molecule has 2 aromatic carbocycles. The standard InChI is InChI=1S/C19H20N2O5SSe/c1-12(18(24)20-11-16(22)23)27-28-17-14(9-6-10-15(17)26-2)19(25)21-13-7-4-3-5-8-13/h3-10,12H,11H2,1-2H3,(H,20,24)(H,21,25)(H,22,23). The molecule has 9 heteroatoms. The van der Waals surface area contributed by atoms with Gasteiger partial charge in [-0.3, -0.25) is 0 Å². The van der Waals surface area contributed by atoms with Crippen LogP contribution in [0, 0.1) is 0 Å². The number of hydrogen-bond donors (Lipinski definition) is 3. The molecule has 0 saturated carbocycles. The van der Waals surface area contributed by atoms with E-state index in [-0.39, 0.29) is 25.7 Å². The molecule has 0 radical (unpaired) electrons. The molecule has 2 rings (SSSR count). The molecule has 0 aliphatic rings. The topological polar surface area (TPSA) is 105 Å². The molecule has 0 aliphatic heterocycles. The molecule has 0 aliphatic carbocycles. The number of amides is 2. The molecule has 0 saturated heterocycles. The molecule has 2 amide bonds. The van der Waals surface area contributed by atoms with Gasteiger partial charge in [0.1, 0.15) is 0 Å². The van der Waals surface area contributed by atoms with Gasteiger partial charge in [-0.2, -0.15) is 0 Å². The Kier molecular flexibility index (Phi) is 8.38. The van der Waals surface area contributed by atoms with Crippen LogP contribution in [0.4, 0.5) is 5.69 Å². The number of benzene rings is 2. The fourth-order valence-electron chi connectivity index (χ4n) is 2.13. The van der Waals surface area contributed by atoms with Gasteiger partial charge in [0.2, 0.25) is 0 Å². The monoisotopic (exact) mass is 468 g/mol. The zero-order valence-electron chi connectivity index (χ0n) is 15.3. The van der Waals surface area contributed by atoms with Crippen molar-refractivity contribution in [2.24, 2.45) is 0 Å². The predicted molar refractivity (Wildman–Crippen MR) is 110 cm³/mol. The van der Waals surface area contributed by atoms with Gasteiger partial charge in [-0.15, -0.1) is 0 Å². The van der Waals surface area contributed by atoms with Gasteiger partial charge in [0.15, 0.2) is 0 Å². The first kappa shape index (κ1) is 21.8. The van der Waals surface area contributed by atoms with Crippen LogP contribution < -0.4 is 19.8 Å². The number of carboxylic acid groups (broad SMARTS) is 1. The van der Waals surface area contributed by atoms with Gasteiger partial charge in [-0.05, 0) is 0 Å². The Hall–Kier alpha value is -2.48. The first-order valence-corrected chi connectivity index (χ1v) is 12.0. The number of ether oxygens (including phenoxy) is 1. The minimum atomic E-state index is -1.10. The van der Waals surface area contributed by atoms with Crippen LogP contribution in [0.3, 0.4) is 0 Å². The minimum absolute atomic E-state index is 0.259. The van der Waals surface area contributed by atoms with E-state index in [0.717, 1.165) is 4.46 Å². The normalized spacial score (nSPS) is 11.4. The molecule has 1 unspecified atom stereocenters. The molecular formula is C19H20N2O5SSe. The molecule has 1 atom stereocenters. The van der Waals surface area contributed by atoms with E-state index in [9.17, 15) is 14.4 Å². The van der Waals surface area contributed by atoms with Gasteiger partial charge in [0.25, 0.3) is 0 Å². The number of hydrogen-bond acceptors (Lipinski definition) is 5. The number of methoxy groups -OCH3 is 1. The summed E-state index contributed by atoms with van der Waals surface area (Å²) in [5.74, 6) is -1.14. The molecule has 0 heterocycles. The molecule has 0 spiro atoms. The Morgan fingerprint density at radius 1 is 1.14 bits per heavy atom. The van der Waals surface area contributed by atoms with Crippen LogP contribution in [0.5, 0.6) is 5.75 Å². The van der Waals surface area contributed by atoms with Crippen LogP contribution >= 0.6 is 10.2 Å². The summed E-state index contributed by atoms with van der Waals surface area (Å²) in [7, 11) is 2.88. The Morgan fingerprint density at radius 3 is 2.50 bits per heavy atom. The third kappa shape index (κ3) is 6.30. The third-order valence-corrected chi connectivity index (χ3v) is 8.65. The Morgan fingerprint density at radius 2 is 1.86 bits per heavy atom. The Bertz CT molecular complexity index is 847. The van der Waals surface area contributed by atoms with Crippen molar-refractivity contribution >= 4 is 51.9 Å². The van der Waals surface area contributed by atoms with E-state index in [1.54, 1.807) is 37.3 Å². The maximum absolute atomic E-state index is 12.7. The molecule has 7 nitrogen and oxygen atoms in total. The predicted octanol–water partition coefficient (Wildman–Crippen LogP) is 1.51. The number of aliphatic carboxylic acids is 1. The first-order valence-electron chi connectivity index (χ1n) is 8.28. The van der Waals surface area contributed by atoms with Crippen molar-refractivity contribution in [2.75, 3.05) is 19.0 Å². The van der Waals surface area contributed by atoms with E-state index in [0.29, 0.717) is 17.0 Å². The van der Waals surface area contributed by atoms with E-state index in [1.807, 2.05) is 18.2 Å². The maximum atomic E-state index is 12.7. The van der Waals surface area contributed by atoms with E-state index >= 15 is 0 Å². The molecule has 2 aromatic rings. The number of carbonyl (C=O) groups excluding carboxylic acids is 2. The van der Waals surface area contributed by atoms with Crippen LogP contribution in [0.1, 0.15) is 17.3 Å². The van der Waals surface area contributed by atoms with Crippen LogP contribution in [-0.4, -0.2) is 55.6 Å². The molecule has 0 bridgehead atoms. The van der Waals surface area contributed by atoms with Gasteiger partial charge < -0.3 is 0 Å². The van der Waals surface area contributed by atoms with E-state index < -0.39 is 17.8 Å². The molecule has 148 valence electrons. The number of para-hydroxylation sites is 1. The molecule has 0 aromatic heterocycles. The number of carbonyl (C=O) groups is 3. The summed E-state index contributed by atoms with van der Waals surface area (Å²) >= 11 is -0.310. The molecule has 28 heavy (non-hydrogen) atoms. The summed E-state index contributed by atoms with van der Waals surface area (Å²) in [4.78, 5) is 35.3. The average molecular weight is 467 g/mol. The number of anilines is 1. The van der Waals surface area contributed by atoms with Gasteiger partial charge in [0, 0.05) is 0 Å².